The quantitative estimate of drug-likeness (QED) is 0.792. The molecule has 3 N–H and O–H groups in total. The number of carbonyl (C=O) groups excluding carboxylic acids is 2. The molecular weight excluding hydrogens is 322 g/mol. The lowest BCUT2D eigenvalue weighted by Gasteiger charge is -2.32. The van der Waals surface area contributed by atoms with Crippen LogP contribution in [0.15, 0.2) is 0 Å². The summed E-state index contributed by atoms with van der Waals surface area (Å²) in [6.07, 6.45) is 6.51. The van der Waals surface area contributed by atoms with Crippen LogP contribution in [0.2, 0.25) is 0 Å². The lowest BCUT2D eigenvalue weighted by Crippen LogP contribution is -2.53. The molecule has 0 aromatic carbocycles. The third-order valence-corrected chi connectivity index (χ3v) is 5.62. The van der Waals surface area contributed by atoms with Crippen molar-refractivity contribution < 1.29 is 9.59 Å². The van der Waals surface area contributed by atoms with E-state index in [4.69, 9.17) is 5.73 Å². The molecule has 5 nitrogen and oxygen atoms in total. The highest BCUT2D eigenvalue weighted by Crippen LogP contribution is 2.27. The summed E-state index contributed by atoms with van der Waals surface area (Å²) >= 11 is 1.65. The predicted molar refractivity (Wildman–Crippen MR) is 93.1 cm³/mol. The Morgan fingerprint density at radius 3 is 2.59 bits per heavy atom. The van der Waals surface area contributed by atoms with Gasteiger partial charge in [0.25, 0.3) is 0 Å². The van der Waals surface area contributed by atoms with E-state index in [-0.39, 0.29) is 36.3 Å². The summed E-state index contributed by atoms with van der Waals surface area (Å²) in [5, 5.41) is 3.12. The molecule has 2 rings (SSSR count). The van der Waals surface area contributed by atoms with Gasteiger partial charge in [-0.1, -0.05) is 26.2 Å². The van der Waals surface area contributed by atoms with Gasteiger partial charge in [-0.25, -0.2) is 0 Å². The van der Waals surface area contributed by atoms with Crippen LogP contribution in [0.5, 0.6) is 0 Å². The molecule has 0 bridgehead atoms. The average molecular weight is 350 g/mol. The first-order chi connectivity index (χ1) is 10.2. The van der Waals surface area contributed by atoms with Gasteiger partial charge in [0.05, 0.1) is 5.88 Å². The van der Waals surface area contributed by atoms with E-state index in [1.807, 2.05) is 6.92 Å². The maximum Gasteiger partial charge on any atom is 0.243 e. The summed E-state index contributed by atoms with van der Waals surface area (Å²) in [4.78, 5) is 26.1. The van der Waals surface area contributed by atoms with Gasteiger partial charge in [-0.15, -0.1) is 24.2 Å². The first kappa shape index (κ1) is 19.6. The molecule has 1 aliphatic carbocycles. The number of nitrogens with zero attached hydrogens (tertiary/aromatic N) is 1. The Bertz CT molecular complexity index is 378. The van der Waals surface area contributed by atoms with Crippen molar-refractivity contribution in [2.45, 2.75) is 57.5 Å². The van der Waals surface area contributed by atoms with Crippen molar-refractivity contribution >= 4 is 36.0 Å². The van der Waals surface area contributed by atoms with Gasteiger partial charge in [0, 0.05) is 24.8 Å². The number of halogens is 1. The number of rotatable bonds is 5. The molecule has 128 valence electrons. The van der Waals surface area contributed by atoms with Crippen molar-refractivity contribution in [3.05, 3.63) is 0 Å². The normalized spacial score (nSPS) is 23.7. The fourth-order valence-electron chi connectivity index (χ4n) is 3.29. The molecule has 2 aliphatic rings. The zero-order valence-electron chi connectivity index (χ0n) is 13.3. The standard InChI is InChI=1S/C15H27N3O2S.ClH/c1-2-14(19)18-10-21-9-13(18)15(20)17-12(8-16)11-6-4-3-5-7-11;/h11-13H,2-10,16H2,1H3,(H,17,20);1H. The van der Waals surface area contributed by atoms with Crippen LogP contribution in [-0.2, 0) is 9.59 Å². The second-order valence-electron chi connectivity index (χ2n) is 5.98. The Morgan fingerprint density at radius 1 is 1.32 bits per heavy atom. The van der Waals surface area contributed by atoms with Gasteiger partial charge in [0.1, 0.15) is 6.04 Å². The summed E-state index contributed by atoms with van der Waals surface area (Å²) in [5.41, 5.74) is 5.87. The number of nitrogens with two attached hydrogens (primary N) is 1. The second-order valence-corrected chi connectivity index (χ2v) is 6.98. The van der Waals surface area contributed by atoms with E-state index in [0.717, 1.165) is 12.8 Å². The van der Waals surface area contributed by atoms with Crippen molar-refractivity contribution in [2.24, 2.45) is 11.7 Å². The van der Waals surface area contributed by atoms with Crippen molar-refractivity contribution in [1.29, 1.82) is 0 Å². The third-order valence-electron chi connectivity index (χ3n) is 4.61. The first-order valence-electron chi connectivity index (χ1n) is 8.05. The van der Waals surface area contributed by atoms with Gasteiger partial charge in [0.2, 0.25) is 11.8 Å². The van der Waals surface area contributed by atoms with Crippen LogP contribution >= 0.6 is 24.2 Å². The maximum absolute atomic E-state index is 12.5. The summed E-state index contributed by atoms with van der Waals surface area (Å²) in [6, 6.07) is -0.262. The molecule has 2 atom stereocenters. The number of nitrogens with one attached hydrogen (secondary N) is 1. The van der Waals surface area contributed by atoms with E-state index in [2.05, 4.69) is 5.32 Å². The molecule has 0 spiro atoms. The highest BCUT2D eigenvalue weighted by atomic mass is 35.5. The molecule has 1 heterocycles. The molecule has 7 heteroatoms. The monoisotopic (exact) mass is 349 g/mol. The van der Waals surface area contributed by atoms with Crippen molar-refractivity contribution in [1.82, 2.24) is 10.2 Å². The van der Waals surface area contributed by atoms with Crippen LogP contribution in [0.1, 0.15) is 45.4 Å². The largest absolute Gasteiger partial charge is 0.350 e. The van der Waals surface area contributed by atoms with Crippen LogP contribution < -0.4 is 11.1 Å². The lowest BCUT2D eigenvalue weighted by molar-refractivity contribution is -0.138. The zero-order chi connectivity index (χ0) is 15.2. The van der Waals surface area contributed by atoms with Gasteiger partial charge >= 0.3 is 0 Å². The molecule has 2 fully saturated rings. The number of hydrogen-bond donors (Lipinski definition) is 2. The summed E-state index contributed by atoms with van der Waals surface area (Å²) in [7, 11) is 0. The van der Waals surface area contributed by atoms with Crippen LogP contribution in [0.3, 0.4) is 0 Å². The minimum Gasteiger partial charge on any atom is -0.350 e. The minimum atomic E-state index is -0.319. The van der Waals surface area contributed by atoms with E-state index in [1.54, 1.807) is 16.7 Å². The lowest BCUT2D eigenvalue weighted by atomic mass is 9.84. The number of thioether (sulfide) groups is 1. The van der Waals surface area contributed by atoms with Crippen LogP contribution in [0.25, 0.3) is 0 Å². The van der Waals surface area contributed by atoms with Gasteiger partial charge in [0.15, 0.2) is 0 Å². The average Bonchev–Trinajstić information content (AvgIpc) is 3.02. The molecule has 1 saturated heterocycles. The number of hydrogen-bond acceptors (Lipinski definition) is 4. The van der Waals surface area contributed by atoms with Crippen molar-refractivity contribution in [2.75, 3.05) is 18.2 Å². The Kier molecular flexibility index (Phi) is 8.57. The second kappa shape index (κ2) is 9.63. The van der Waals surface area contributed by atoms with Crippen LogP contribution in [0.4, 0.5) is 0 Å². The van der Waals surface area contributed by atoms with Crippen LogP contribution in [0, 0.1) is 5.92 Å². The number of carbonyl (C=O) groups is 2. The zero-order valence-corrected chi connectivity index (χ0v) is 14.9. The molecule has 0 radical (unpaired) electrons. The van der Waals surface area contributed by atoms with E-state index in [0.29, 0.717) is 30.5 Å². The molecular formula is C15H28ClN3O2S. The Labute approximate surface area is 143 Å². The molecule has 0 aromatic rings. The van der Waals surface area contributed by atoms with E-state index in [9.17, 15) is 9.59 Å². The molecule has 1 saturated carbocycles. The molecule has 22 heavy (non-hydrogen) atoms. The number of amides is 2. The fourth-order valence-corrected chi connectivity index (χ4v) is 4.47. The maximum atomic E-state index is 12.5. The highest BCUT2D eigenvalue weighted by Gasteiger charge is 2.35. The molecule has 2 amide bonds. The SMILES string of the molecule is CCC(=O)N1CSCC1C(=O)NC(CN)C1CCCCC1.Cl. The summed E-state index contributed by atoms with van der Waals surface area (Å²) in [5.74, 6) is 1.85. The van der Waals surface area contributed by atoms with Crippen molar-refractivity contribution in [3.8, 4) is 0 Å². The van der Waals surface area contributed by atoms with Gasteiger partial charge in [-0.3, -0.25) is 9.59 Å². The van der Waals surface area contributed by atoms with Gasteiger partial charge < -0.3 is 16.0 Å². The molecule has 0 aromatic heterocycles. The third kappa shape index (κ3) is 4.77. The Hall–Kier alpha value is -0.460. The predicted octanol–water partition coefficient (Wildman–Crippen LogP) is 1.74. The highest BCUT2D eigenvalue weighted by molar-refractivity contribution is 7.99. The van der Waals surface area contributed by atoms with Crippen molar-refractivity contribution in [3.63, 3.8) is 0 Å². The molecule has 1 aliphatic heterocycles. The molecule has 2 unspecified atom stereocenters. The topological polar surface area (TPSA) is 75.4 Å². The van der Waals surface area contributed by atoms with Gasteiger partial charge in [-0.05, 0) is 18.8 Å². The van der Waals surface area contributed by atoms with E-state index >= 15 is 0 Å². The fraction of sp³-hybridized carbons (Fsp3) is 0.867. The Morgan fingerprint density at radius 2 is 2.00 bits per heavy atom. The van der Waals surface area contributed by atoms with Gasteiger partial charge in [-0.2, -0.15) is 0 Å². The summed E-state index contributed by atoms with van der Waals surface area (Å²) in [6.45, 7) is 2.32. The first-order valence-corrected chi connectivity index (χ1v) is 9.20. The minimum absolute atomic E-state index is 0. The van der Waals surface area contributed by atoms with E-state index in [1.165, 1.54) is 19.3 Å². The smallest absolute Gasteiger partial charge is 0.243 e. The van der Waals surface area contributed by atoms with E-state index < -0.39 is 0 Å². The Balaban J connectivity index is 0.00000242. The van der Waals surface area contributed by atoms with Crippen LogP contribution in [-0.4, -0.2) is 47.0 Å². The summed E-state index contributed by atoms with van der Waals surface area (Å²) < 4.78 is 0.